The Morgan fingerprint density at radius 1 is 1.30 bits per heavy atom. The van der Waals surface area contributed by atoms with E-state index in [1.54, 1.807) is 19.1 Å². The van der Waals surface area contributed by atoms with E-state index in [2.05, 4.69) is 5.32 Å². The summed E-state index contributed by atoms with van der Waals surface area (Å²) in [6.07, 6.45) is -0.275. The van der Waals surface area contributed by atoms with Crippen LogP contribution in [0.3, 0.4) is 0 Å². The molecule has 0 aliphatic carbocycles. The van der Waals surface area contributed by atoms with Gasteiger partial charge in [-0.1, -0.05) is 26.0 Å². The average Bonchev–Trinajstić information content (AvgIpc) is 2.53. The van der Waals surface area contributed by atoms with Crippen molar-refractivity contribution < 1.29 is 23.8 Å². The second-order valence-electron chi connectivity index (χ2n) is 5.81. The van der Waals surface area contributed by atoms with Crippen molar-refractivity contribution in [1.29, 1.82) is 0 Å². The Kier molecular flexibility index (Phi) is 5.84. The molecule has 0 fully saturated rings. The number of rotatable bonds is 6. The maximum absolute atomic E-state index is 12.4. The molecule has 1 heterocycles. The predicted octanol–water partition coefficient (Wildman–Crippen LogP) is 1.92. The van der Waals surface area contributed by atoms with Crippen molar-refractivity contribution in [2.45, 2.75) is 39.3 Å². The van der Waals surface area contributed by atoms with Gasteiger partial charge < -0.3 is 19.5 Å². The fraction of sp³-hybridized carbons (Fsp3) is 0.529. The third kappa shape index (κ3) is 4.61. The second-order valence-corrected chi connectivity index (χ2v) is 5.81. The number of benzene rings is 1. The third-order valence-corrected chi connectivity index (χ3v) is 3.40. The standard InChI is InChI=1S/C17H23NO5/c1-4-21-17(20)12(9-11(2)3)18-16(19)15-10-22-13-7-5-6-8-14(13)23-15/h5-8,11-12,15H,4,9-10H2,1-3H3,(H,18,19)/t12-,15-/m0/s1. The normalized spacial score (nSPS) is 17.5. The van der Waals surface area contributed by atoms with Gasteiger partial charge in [0, 0.05) is 0 Å². The first-order chi connectivity index (χ1) is 11.0. The largest absolute Gasteiger partial charge is 0.485 e. The van der Waals surface area contributed by atoms with Crippen LogP contribution in [0.4, 0.5) is 0 Å². The minimum atomic E-state index is -0.783. The van der Waals surface area contributed by atoms with E-state index >= 15 is 0 Å². The van der Waals surface area contributed by atoms with Crippen LogP contribution < -0.4 is 14.8 Å². The monoisotopic (exact) mass is 321 g/mol. The minimum Gasteiger partial charge on any atom is -0.485 e. The SMILES string of the molecule is CCOC(=O)[C@H](CC(C)C)NC(=O)[C@@H]1COc2ccccc2O1. The quantitative estimate of drug-likeness (QED) is 0.810. The molecule has 1 N–H and O–H groups in total. The van der Waals surface area contributed by atoms with Gasteiger partial charge >= 0.3 is 5.97 Å². The van der Waals surface area contributed by atoms with Gasteiger partial charge in [0.05, 0.1) is 6.61 Å². The van der Waals surface area contributed by atoms with E-state index in [0.29, 0.717) is 17.9 Å². The van der Waals surface area contributed by atoms with Crippen LogP contribution in [0.2, 0.25) is 0 Å². The van der Waals surface area contributed by atoms with E-state index < -0.39 is 18.1 Å². The number of fused-ring (bicyclic) bond motifs is 1. The number of esters is 1. The van der Waals surface area contributed by atoms with Gasteiger partial charge in [0.15, 0.2) is 11.5 Å². The molecule has 0 aromatic heterocycles. The summed E-state index contributed by atoms with van der Waals surface area (Å²) in [5, 5.41) is 2.71. The van der Waals surface area contributed by atoms with Crippen molar-refractivity contribution in [2.75, 3.05) is 13.2 Å². The molecule has 0 radical (unpaired) electrons. The molecule has 0 unspecified atom stereocenters. The highest BCUT2D eigenvalue weighted by molar-refractivity contribution is 5.87. The number of nitrogens with one attached hydrogen (secondary N) is 1. The fourth-order valence-corrected chi connectivity index (χ4v) is 2.34. The molecule has 0 saturated carbocycles. The molecule has 6 heteroatoms. The Balaban J connectivity index is 2.00. The highest BCUT2D eigenvalue weighted by Gasteiger charge is 2.31. The lowest BCUT2D eigenvalue weighted by Gasteiger charge is -2.27. The molecule has 0 saturated heterocycles. The summed E-state index contributed by atoms with van der Waals surface area (Å²) < 4.78 is 16.2. The third-order valence-electron chi connectivity index (χ3n) is 3.40. The molecule has 6 nitrogen and oxygen atoms in total. The summed E-state index contributed by atoms with van der Waals surface area (Å²) in [6, 6.07) is 6.49. The highest BCUT2D eigenvalue weighted by Crippen LogP contribution is 2.30. The summed E-state index contributed by atoms with van der Waals surface area (Å²) >= 11 is 0. The molecule has 23 heavy (non-hydrogen) atoms. The summed E-state index contributed by atoms with van der Waals surface area (Å²) in [7, 11) is 0. The fourth-order valence-electron chi connectivity index (χ4n) is 2.34. The Morgan fingerprint density at radius 3 is 2.65 bits per heavy atom. The van der Waals surface area contributed by atoms with Gasteiger partial charge in [0.2, 0.25) is 6.10 Å². The van der Waals surface area contributed by atoms with Gasteiger partial charge in [0.25, 0.3) is 5.91 Å². The average molecular weight is 321 g/mol. The van der Waals surface area contributed by atoms with Crippen molar-refractivity contribution in [1.82, 2.24) is 5.32 Å². The van der Waals surface area contributed by atoms with E-state index in [1.807, 2.05) is 26.0 Å². The zero-order chi connectivity index (χ0) is 16.8. The zero-order valence-corrected chi connectivity index (χ0v) is 13.7. The number of ether oxygens (including phenoxy) is 3. The maximum Gasteiger partial charge on any atom is 0.328 e. The summed E-state index contributed by atoms with van der Waals surface area (Å²) in [5.74, 6) is 0.579. The molecule has 2 atom stereocenters. The highest BCUT2D eigenvalue weighted by atomic mass is 16.6. The van der Waals surface area contributed by atoms with E-state index in [-0.39, 0.29) is 25.0 Å². The van der Waals surface area contributed by atoms with Crippen LogP contribution in [-0.2, 0) is 14.3 Å². The molecule has 0 bridgehead atoms. The number of carbonyl (C=O) groups excluding carboxylic acids is 2. The number of para-hydroxylation sites is 2. The van der Waals surface area contributed by atoms with E-state index in [4.69, 9.17) is 14.2 Å². The van der Waals surface area contributed by atoms with Gasteiger partial charge in [-0.3, -0.25) is 4.79 Å². The van der Waals surface area contributed by atoms with Crippen LogP contribution in [-0.4, -0.2) is 37.2 Å². The number of amides is 1. The number of carbonyl (C=O) groups is 2. The van der Waals surface area contributed by atoms with Gasteiger partial charge in [0.1, 0.15) is 12.6 Å². The van der Waals surface area contributed by atoms with Crippen LogP contribution in [0.15, 0.2) is 24.3 Å². The first-order valence-corrected chi connectivity index (χ1v) is 7.86. The summed E-state index contributed by atoms with van der Waals surface area (Å²) in [5.41, 5.74) is 0. The molecule has 1 amide bonds. The van der Waals surface area contributed by atoms with Gasteiger partial charge in [-0.25, -0.2) is 4.79 Å². The summed E-state index contributed by atoms with van der Waals surface area (Å²) in [4.78, 5) is 24.4. The lowest BCUT2D eigenvalue weighted by atomic mass is 10.0. The first kappa shape index (κ1) is 17.1. The lowest BCUT2D eigenvalue weighted by molar-refractivity contribution is -0.149. The second kappa shape index (κ2) is 7.85. The molecular formula is C17H23NO5. The van der Waals surface area contributed by atoms with Crippen LogP contribution in [0.5, 0.6) is 11.5 Å². The van der Waals surface area contributed by atoms with Crippen molar-refractivity contribution in [3.05, 3.63) is 24.3 Å². The van der Waals surface area contributed by atoms with Gasteiger partial charge in [-0.05, 0) is 31.4 Å². The first-order valence-electron chi connectivity index (χ1n) is 7.86. The molecule has 1 aromatic rings. The molecule has 126 valence electrons. The van der Waals surface area contributed by atoms with Crippen LogP contribution in [0.1, 0.15) is 27.2 Å². The Bertz CT molecular complexity index is 558. The minimum absolute atomic E-state index is 0.111. The van der Waals surface area contributed by atoms with Crippen molar-refractivity contribution in [3.63, 3.8) is 0 Å². The number of hydrogen-bond acceptors (Lipinski definition) is 5. The van der Waals surface area contributed by atoms with Crippen molar-refractivity contribution in [3.8, 4) is 11.5 Å². The van der Waals surface area contributed by atoms with Gasteiger partial charge in [-0.2, -0.15) is 0 Å². The van der Waals surface area contributed by atoms with Crippen LogP contribution in [0, 0.1) is 5.92 Å². The predicted molar refractivity (Wildman–Crippen MR) is 84.4 cm³/mol. The van der Waals surface area contributed by atoms with Gasteiger partial charge in [-0.15, -0.1) is 0 Å². The molecule has 1 aliphatic rings. The molecular weight excluding hydrogens is 298 g/mol. The van der Waals surface area contributed by atoms with E-state index in [1.165, 1.54) is 0 Å². The number of hydrogen-bond donors (Lipinski definition) is 1. The molecule has 0 spiro atoms. The van der Waals surface area contributed by atoms with Crippen molar-refractivity contribution in [2.24, 2.45) is 5.92 Å². The Hall–Kier alpha value is -2.24. The smallest absolute Gasteiger partial charge is 0.328 e. The lowest BCUT2D eigenvalue weighted by Crippen LogP contribution is -2.50. The molecule has 1 aromatic carbocycles. The summed E-state index contributed by atoms with van der Waals surface area (Å²) in [6.45, 7) is 6.09. The topological polar surface area (TPSA) is 73.9 Å². The van der Waals surface area contributed by atoms with Crippen LogP contribution in [0.25, 0.3) is 0 Å². The van der Waals surface area contributed by atoms with E-state index in [0.717, 1.165) is 0 Å². The van der Waals surface area contributed by atoms with Crippen molar-refractivity contribution >= 4 is 11.9 Å². The molecule has 2 rings (SSSR count). The Morgan fingerprint density at radius 2 is 2.00 bits per heavy atom. The van der Waals surface area contributed by atoms with E-state index in [9.17, 15) is 9.59 Å². The maximum atomic E-state index is 12.4. The molecule has 1 aliphatic heterocycles. The Labute approximate surface area is 136 Å². The van der Waals surface area contributed by atoms with Crippen LogP contribution >= 0.6 is 0 Å². The zero-order valence-electron chi connectivity index (χ0n) is 13.7.